The van der Waals surface area contributed by atoms with Crippen molar-refractivity contribution in [1.82, 2.24) is 4.90 Å². The Labute approximate surface area is 201 Å². The molecule has 2 heterocycles. The first-order valence-electron chi connectivity index (χ1n) is 12.1. The molecule has 2 aliphatic heterocycles. The number of aryl methyl sites for hydroxylation is 1. The van der Waals surface area contributed by atoms with Gasteiger partial charge in [-0.15, -0.1) is 0 Å². The molecular weight excluding hydrogens is 430 g/mol. The Balaban J connectivity index is 1.54. The van der Waals surface area contributed by atoms with E-state index in [0.717, 1.165) is 5.56 Å². The average molecular weight is 464 g/mol. The third-order valence-corrected chi connectivity index (χ3v) is 6.71. The Morgan fingerprint density at radius 1 is 1.24 bits per heavy atom. The number of carbonyl (C=O) groups excluding carboxylic acids is 2. The second-order valence-electron chi connectivity index (χ2n) is 9.46. The Bertz CT molecular complexity index is 1110. The molecule has 6 nitrogen and oxygen atoms in total. The van der Waals surface area contributed by atoms with Gasteiger partial charge in [0.15, 0.2) is 5.76 Å². The van der Waals surface area contributed by atoms with Crippen LogP contribution in [0.5, 0.6) is 11.5 Å². The molecule has 0 saturated carbocycles. The van der Waals surface area contributed by atoms with Gasteiger partial charge in [0.1, 0.15) is 11.5 Å². The molecule has 34 heavy (non-hydrogen) atoms. The smallest absolute Gasteiger partial charge is 0.309 e. The van der Waals surface area contributed by atoms with Crippen LogP contribution in [0, 0.1) is 12.8 Å². The minimum atomic E-state index is -0.164. The number of nitrogens with zero attached hydrogens (tertiary/aromatic N) is 1. The molecule has 6 heteroatoms. The molecule has 0 bridgehead atoms. The van der Waals surface area contributed by atoms with E-state index >= 15 is 0 Å². The first-order valence-corrected chi connectivity index (χ1v) is 12.1. The van der Waals surface area contributed by atoms with Crippen LogP contribution in [-0.4, -0.2) is 41.5 Å². The standard InChI is InChI=1S/C28H33NO5/c1-5-33-28(32)21-10-12-29(13-11-21)16-22-23(30)14-18(4)25-26(31)24(34-27(22)25)15-19-6-8-20(9-7-19)17(2)3/h6-9,14-15,17,21,30H,5,10-13,16H2,1-4H3/b24-15+. The molecule has 4 rings (SSSR count). The maximum atomic E-state index is 13.2. The number of fused-ring (bicyclic) bond motifs is 1. The molecule has 180 valence electrons. The number of rotatable bonds is 6. The van der Waals surface area contributed by atoms with Crippen molar-refractivity contribution in [3.63, 3.8) is 0 Å². The minimum Gasteiger partial charge on any atom is -0.507 e. The Morgan fingerprint density at radius 2 is 1.91 bits per heavy atom. The highest BCUT2D eigenvalue weighted by Gasteiger charge is 2.34. The topological polar surface area (TPSA) is 76.1 Å². The Hall–Kier alpha value is -3.12. The van der Waals surface area contributed by atoms with E-state index in [-0.39, 0.29) is 29.2 Å². The van der Waals surface area contributed by atoms with Crippen LogP contribution in [0.15, 0.2) is 36.1 Å². The van der Waals surface area contributed by atoms with Crippen LogP contribution in [0.3, 0.4) is 0 Å². The number of likely N-dealkylation sites (tertiary alicyclic amines) is 1. The number of benzene rings is 2. The van der Waals surface area contributed by atoms with Crippen LogP contribution < -0.4 is 4.74 Å². The van der Waals surface area contributed by atoms with Gasteiger partial charge in [0.25, 0.3) is 0 Å². The summed E-state index contributed by atoms with van der Waals surface area (Å²) in [6, 6.07) is 9.74. The molecule has 1 saturated heterocycles. The Kier molecular flexibility index (Phi) is 7.08. The molecule has 2 aromatic carbocycles. The number of piperidine rings is 1. The monoisotopic (exact) mass is 463 g/mol. The summed E-state index contributed by atoms with van der Waals surface area (Å²) in [6.07, 6.45) is 3.19. The summed E-state index contributed by atoms with van der Waals surface area (Å²) in [5, 5.41) is 10.7. The summed E-state index contributed by atoms with van der Waals surface area (Å²) in [7, 11) is 0. The molecule has 2 aliphatic rings. The number of hydrogen-bond acceptors (Lipinski definition) is 6. The van der Waals surface area contributed by atoms with Crippen molar-refractivity contribution < 1.29 is 24.2 Å². The summed E-state index contributed by atoms with van der Waals surface area (Å²) in [4.78, 5) is 27.4. The van der Waals surface area contributed by atoms with Gasteiger partial charge in [-0.05, 0) is 74.5 Å². The largest absolute Gasteiger partial charge is 0.507 e. The van der Waals surface area contributed by atoms with Crippen molar-refractivity contribution in [1.29, 1.82) is 0 Å². The molecule has 0 spiro atoms. The van der Waals surface area contributed by atoms with E-state index in [1.807, 2.05) is 26.0 Å². The second kappa shape index (κ2) is 10.0. The summed E-state index contributed by atoms with van der Waals surface area (Å²) in [5.74, 6) is 0.894. The van der Waals surface area contributed by atoms with Gasteiger partial charge < -0.3 is 14.6 Å². The highest BCUT2D eigenvalue weighted by Crippen LogP contribution is 2.42. The number of allylic oxidation sites excluding steroid dienone is 1. The zero-order valence-electron chi connectivity index (χ0n) is 20.4. The van der Waals surface area contributed by atoms with Gasteiger partial charge in [-0.1, -0.05) is 38.1 Å². The van der Waals surface area contributed by atoms with E-state index in [2.05, 4.69) is 30.9 Å². The minimum absolute atomic E-state index is 0.0806. The lowest BCUT2D eigenvalue weighted by atomic mass is 9.95. The molecule has 0 aliphatic carbocycles. The first-order chi connectivity index (χ1) is 16.3. The van der Waals surface area contributed by atoms with Crippen molar-refractivity contribution in [3.8, 4) is 11.5 Å². The Morgan fingerprint density at radius 3 is 2.53 bits per heavy atom. The fraction of sp³-hybridized carbons (Fsp3) is 0.429. The summed E-state index contributed by atoms with van der Waals surface area (Å²) < 4.78 is 11.2. The molecule has 1 N–H and O–H groups in total. The number of hydrogen-bond donors (Lipinski definition) is 1. The number of phenolic OH excluding ortho intramolecular Hbond substituents is 1. The van der Waals surface area contributed by atoms with Crippen LogP contribution in [0.4, 0.5) is 0 Å². The number of phenols is 1. The van der Waals surface area contributed by atoms with Crippen LogP contribution in [-0.2, 0) is 16.1 Å². The van der Waals surface area contributed by atoms with E-state index in [1.54, 1.807) is 12.1 Å². The van der Waals surface area contributed by atoms with E-state index in [9.17, 15) is 14.7 Å². The number of ether oxygens (including phenoxy) is 2. The molecule has 0 unspecified atom stereocenters. The molecule has 0 atom stereocenters. The predicted molar refractivity (Wildman–Crippen MR) is 131 cm³/mol. The van der Waals surface area contributed by atoms with Gasteiger partial charge in [-0.2, -0.15) is 0 Å². The lowest BCUT2D eigenvalue weighted by Crippen LogP contribution is -2.36. The number of Topliss-reactive ketones (excluding diaryl/α,β-unsaturated/α-hetero) is 1. The van der Waals surface area contributed by atoms with Crippen LogP contribution >= 0.6 is 0 Å². The zero-order valence-corrected chi connectivity index (χ0v) is 20.4. The molecular formula is C28H33NO5. The van der Waals surface area contributed by atoms with E-state index in [4.69, 9.17) is 9.47 Å². The average Bonchev–Trinajstić information content (AvgIpc) is 3.13. The van der Waals surface area contributed by atoms with Gasteiger partial charge >= 0.3 is 5.97 Å². The van der Waals surface area contributed by atoms with Crippen LogP contribution in [0.25, 0.3) is 6.08 Å². The first kappa shape index (κ1) is 24.0. The third-order valence-electron chi connectivity index (χ3n) is 6.71. The van der Waals surface area contributed by atoms with Crippen molar-refractivity contribution in [2.75, 3.05) is 19.7 Å². The van der Waals surface area contributed by atoms with Crippen molar-refractivity contribution in [3.05, 3.63) is 63.9 Å². The third kappa shape index (κ3) is 4.87. The molecule has 0 aromatic heterocycles. The van der Waals surface area contributed by atoms with E-state index < -0.39 is 0 Å². The highest BCUT2D eigenvalue weighted by atomic mass is 16.5. The number of carbonyl (C=O) groups is 2. The van der Waals surface area contributed by atoms with Crippen LogP contribution in [0.1, 0.15) is 72.1 Å². The maximum Gasteiger partial charge on any atom is 0.309 e. The lowest BCUT2D eigenvalue weighted by Gasteiger charge is -2.31. The lowest BCUT2D eigenvalue weighted by molar-refractivity contribution is -0.149. The normalized spacial score (nSPS) is 17.8. The number of ketones is 1. The molecule has 1 fully saturated rings. The van der Waals surface area contributed by atoms with Gasteiger partial charge in [0.2, 0.25) is 5.78 Å². The highest BCUT2D eigenvalue weighted by molar-refractivity contribution is 6.15. The summed E-state index contributed by atoms with van der Waals surface area (Å²) >= 11 is 0. The second-order valence-corrected chi connectivity index (χ2v) is 9.46. The van der Waals surface area contributed by atoms with Gasteiger partial charge in [0.05, 0.1) is 23.7 Å². The molecule has 2 aromatic rings. The predicted octanol–water partition coefficient (Wildman–Crippen LogP) is 5.22. The molecule has 0 amide bonds. The quantitative estimate of drug-likeness (QED) is 0.468. The van der Waals surface area contributed by atoms with Crippen molar-refractivity contribution in [2.24, 2.45) is 5.92 Å². The van der Waals surface area contributed by atoms with Gasteiger partial charge in [0, 0.05) is 6.54 Å². The fourth-order valence-electron chi connectivity index (χ4n) is 4.67. The zero-order chi connectivity index (χ0) is 24.4. The number of esters is 1. The maximum absolute atomic E-state index is 13.2. The number of aromatic hydroxyl groups is 1. The molecule has 0 radical (unpaired) electrons. The van der Waals surface area contributed by atoms with Gasteiger partial charge in [-0.3, -0.25) is 14.5 Å². The summed E-state index contributed by atoms with van der Waals surface area (Å²) in [5.41, 5.74) is 3.95. The van der Waals surface area contributed by atoms with Crippen molar-refractivity contribution >= 4 is 17.8 Å². The van der Waals surface area contributed by atoms with Crippen molar-refractivity contribution in [2.45, 2.75) is 53.0 Å². The summed E-state index contributed by atoms with van der Waals surface area (Å²) in [6.45, 7) is 10.2. The fourth-order valence-corrected chi connectivity index (χ4v) is 4.67. The van der Waals surface area contributed by atoms with E-state index in [0.29, 0.717) is 67.4 Å². The SMILES string of the molecule is CCOC(=O)C1CCN(Cc2c(O)cc(C)c3c2O/C(=C/c2ccc(C(C)C)cc2)C3=O)CC1. The van der Waals surface area contributed by atoms with Gasteiger partial charge in [-0.25, -0.2) is 0 Å². The van der Waals surface area contributed by atoms with E-state index in [1.165, 1.54) is 5.56 Å². The van der Waals surface area contributed by atoms with Crippen LogP contribution in [0.2, 0.25) is 0 Å².